The van der Waals surface area contributed by atoms with Gasteiger partial charge >= 0.3 is 0 Å². The Kier molecular flexibility index (Phi) is 2.20. The van der Waals surface area contributed by atoms with E-state index in [9.17, 15) is 5.11 Å². The molecule has 1 aliphatic rings. The highest BCUT2D eigenvalue weighted by molar-refractivity contribution is 9.10. The molecule has 0 bridgehead atoms. The maximum absolute atomic E-state index is 9.64. The lowest BCUT2D eigenvalue weighted by Gasteiger charge is -2.21. The molecule has 12 heavy (non-hydrogen) atoms. The van der Waals surface area contributed by atoms with Gasteiger partial charge in [-0.15, -0.1) is 0 Å². The summed E-state index contributed by atoms with van der Waals surface area (Å²) in [6.45, 7) is 0. The minimum atomic E-state index is -0.234. The van der Waals surface area contributed by atoms with Gasteiger partial charge in [0.25, 0.3) is 0 Å². The zero-order chi connectivity index (χ0) is 8.55. The maximum atomic E-state index is 9.64. The SMILES string of the molecule is OC1CCCc2cc(Br)ccc21. The van der Waals surface area contributed by atoms with Crippen molar-refractivity contribution in [3.8, 4) is 0 Å². The molecule has 2 heteroatoms. The van der Waals surface area contributed by atoms with E-state index in [1.807, 2.05) is 12.1 Å². The van der Waals surface area contributed by atoms with Crippen molar-refractivity contribution in [2.75, 3.05) is 0 Å². The number of hydrogen-bond acceptors (Lipinski definition) is 1. The molecule has 0 heterocycles. The van der Waals surface area contributed by atoms with E-state index in [1.54, 1.807) is 0 Å². The second-order valence-electron chi connectivity index (χ2n) is 3.25. The fourth-order valence-corrected chi connectivity index (χ4v) is 2.17. The first kappa shape index (κ1) is 8.27. The second-order valence-corrected chi connectivity index (χ2v) is 4.17. The van der Waals surface area contributed by atoms with Crippen LogP contribution in [-0.4, -0.2) is 5.11 Å². The van der Waals surface area contributed by atoms with Crippen molar-refractivity contribution in [3.05, 3.63) is 33.8 Å². The number of aryl methyl sites for hydroxylation is 1. The average Bonchev–Trinajstić information content (AvgIpc) is 2.04. The van der Waals surface area contributed by atoms with E-state index in [-0.39, 0.29) is 6.10 Å². The molecular formula is C10H11BrO. The topological polar surface area (TPSA) is 20.2 Å². The number of fused-ring (bicyclic) bond motifs is 1. The van der Waals surface area contributed by atoms with Gasteiger partial charge < -0.3 is 5.11 Å². The highest BCUT2D eigenvalue weighted by atomic mass is 79.9. The predicted molar refractivity (Wildman–Crippen MR) is 52.0 cm³/mol. The smallest absolute Gasteiger partial charge is 0.0792 e. The molecule has 0 saturated carbocycles. The van der Waals surface area contributed by atoms with E-state index in [0.29, 0.717) is 0 Å². The second kappa shape index (κ2) is 3.19. The Morgan fingerprint density at radius 2 is 2.25 bits per heavy atom. The lowest BCUT2D eigenvalue weighted by Crippen LogP contribution is -2.08. The molecular weight excluding hydrogens is 216 g/mol. The number of aliphatic hydroxyl groups is 1. The molecule has 1 atom stereocenters. The largest absolute Gasteiger partial charge is 0.388 e. The van der Waals surface area contributed by atoms with Gasteiger partial charge in [-0.25, -0.2) is 0 Å². The third-order valence-electron chi connectivity index (χ3n) is 2.39. The van der Waals surface area contributed by atoms with Gasteiger partial charge in [0, 0.05) is 4.47 Å². The van der Waals surface area contributed by atoms with Crippen LogP contribution in [-0.2, 0) is 6.42 Å². The van der Waals surface area contributed by atoms with Gasteiger partial charge in [0.2, 0.25) is 0 Å². The highest BCUT2D eigenvalue weighted by Gasteiger charge is 2.17. The molecule has 1 nitrogen and oxygen atoms in total. The van der Waals surface area contributed by atoms with Crippen molar-refractivity contribution in [2.24, 2.45) is 0 Å². The number of aliphatic hydroxyl groups excluding tert-OH is 1. The summed E-state index contributed by atoms with van der Waals surface area (Å²) in [6.07, 6.45) is 2.88. The predicted octanol–water partition coefficient (Wildman–Crippen LogP) is 2.82. The standard InChI is InChI=1S/C10H11BrO/c11-8-4-5-9-7(6-8)2-1-3-10(9)12/h4-6,10,12H,1-3H2. The van der Waals surface area contributed by atoms with Crippen LogP contribution in [0.3, 0.4) is 0 Å². The number of hydrogen-bond donors (Lipinski definition) is 1. The number of halogens is 1. The molecule has 0 saturated heterocycles. The zero-order valence-electron chi connectivity index (χ0n) is 6.76. The minimum absolute atomic E-state index is 0.234. The van der Waals surface area contributed by atoms with Gasteiger partial charge in [0.1, 0.15) is 0 Å². The number of benzene rings is 1. The molecule has 1 aromatic rings. The summed E-state index contributed by atoms with van der Waals surface area (Å²) in [6, 6.07) is 6.12. The molecule has 1 aliphatic carbocycles. The van der Waals surface area contributed by atoms with Crippen LogP contribution >= 0.6 is 15.9 Å². The van der Waals surface area contributed by atoms with Gasteiger partial charge in [0.05, 0.1) is 6.10 Å². The Labute approximate surface area is 80.5 Å². The van der Waals surface area contributed by atoms with Crippen LogP contribution < -0.4 is 0 Å². The number of rotatable bonds is 0. The van der Waals surface area contributed by atoms with Crippen molar-refractivity contribution >= 4 is 15.9 Å². The molecule has 2 rings (SSSR count). The first-order chi connectivity index (χ1) is 5.77. The van der Waals surface area contributed by atoms with Crippen molar-refractivity contribution in [1.82, 2.24) is 0 Å². The van der Waals surface area contributed by atoms with E-state index in [1.165, 1.54) is 5.56 Å². The van der Waals surface area contributed by atoms with E-state index in [0.717, 1.165) is 29.3 Å². The summed E-state index contributed by atoms with van der Waals surface area (Å²) < 4.78 is 1.11. The molecule has 1 aromatic carbocycles. The van der Waals surface area contributed by atoms with Crippen LogP contribution in [0.25, 0.3) is 0 Å². The van der Waals surface area contributed by atoms with E-state index in [4.69, 9.17) is 0 Å². The van der Waals surface area contributed by atoms with Crippen LogP contribution in [0.4, 0.5) is 0 Å². The van der Waals surface area contributed by atoms with E-state index in [2.05, 4.69) is 22.0 Å². The maximum Gasteiger partial charge on any atom is 0.0792 e. The van der Waals surface area contributed by atoms with E-state index < -0.39 is 0 Å². The molecule has 0 amide bonds. The zero-order valence-corrected chi connectivity index (χ0v) is 8.34. The third kappa shape index (κ3) is 1.41. The molecule has 1 N–H and O–H groups in total. The monoisotopic (exact) mass is 226 g/mol. The fraction of sp³-hybridized carbons (Fsp3) is 0.400. The molecule has 0 spiro atoms. The molecule has 0 aliphatic heterocycles. The first-order valence-corrected chi connectivity index (χ1v) is 5.03. The fourth-order valence-electron chi connectivity index (χ4n) is 1.76. The third-order valence-corrected chi connectivity index (χ3v) is 2.88. The Morgan fingerprint density at radius 3 is 3.08 bits per heavy atom. The van der Waals surface area contributed by atoms with Gasteiger partial charge in [-0.1, -0.05) is 22.0 Å². The van der Waals surface area contributed by atoms with Crippen LogP contribution in [0, 0.1) is 0 Å². The van der Waals surface area contributed by atoms with Crippen LogP contribution in [0.2, 0.25) is 0 Å². The Hall–Kier alpha value is -0.340. The van der Waals surface area contributed by atoms with Crippen molar-refractivity contribution in [3.63, 3.8) is 0 Å². The molecule has 1 unspecified atom stereocenters. The van der Waals surface area contributed by atoms with Crippen LogP contribution in [0.5, 0.6) is 0 Å². The summed E-state index contributed by atoms with van der Waals surface area (Å²) in [5.74, 6) is 0. The Balaban J connectivity index is 2.46. The molecule has 0 fully saturated rings. The quantitative estimate of drug-likeness (QED) is 0.722. The van der Waals surface area contributed by atoms with Gasteiger partial charge in [-0.2, -0.15) is 0 Å². The molecule has 0 radical (unpaired) electrons. The molecule has 64 valence electrons. The average molecular weight is 227 g/mol. The minimum Gasteiger partial charge on any atom is -0.388 e. The van der Waals surface area contributed by atoms with Crippen LogP contribution in [0.1, 0.15) is 30.1 Å². The Bertz CT molecular complexity index is 296. The summed E-state index contributed by atoms with van der Waals surface area (Å²) >= 11 is 3.43. The lowest BCUT2D eigenvalue weighted by atomic mass is 9.90. The van der Waals surface area contributed by atoms with Crippen molar-refractivity contribution < 1.29 is 5.11 Å². The van der Waals surface area contributed by atoms with Crippen LogP contribution in [0.15, 0.2) is 22.7 Å². The summed E-state index contributed by atoms with van der Waals surface area (Å²) in [5, 5.41) is 9.64. The Morgan fingerprint density at radius 1 is 1.42 bits per heavy atom. The lowest BCUT2D eigenvalue weighted by molar-refractivity contribution is 0.156. The first-order valence-electron chi connectivity index (χ1n) is 4.24. The van der Waals surface area contributed by atoms with Gasteiger partial charge in [-0.05, 0) is 42.5 Å². The normalized spacial score (nSPS) is 22.0. The molecule has 0 aromatic heterocycles. The van der Waals surface area contributed by atoms with Crippen molar-refractivity contribution in [2.45, 2.75) is 25.4 Å². The van der Waals surface area contributed by atoms with E-state index >= 15 is 0 Å². The van der Waals surface area contributed by atoms with Crippen molar-refractivity contribution in [1.29, 1.82) is 0 Å². The van der Waals surface area contributed by atoms with Gasteiger partial charge in [0.15, 0.2) is 0 Å². The summed E-state index contributed by atoms with van der Waals surface area (Å²) in [7, 11) is 0. The summed E-state index contributed by atoms with van der Waals surface area (Å²) in [4.78, 5) is 0. The van der Waals surface area contributed by atoms with Gasteiger partial charge in [-0.3, -0.25) is 0 Å². The highest BCUT2D eigenvalue weighted by Crippen LogP contribution is 2.31. The summed E-state index contributed by atoms with van der Waals surface area (Å²) in [5.41, 5.74) is 2.41.